The molecule has 0 amide bonds. The molecular formula is C31H62O13P2. The first-order valence-electron chi connectivity index (χ1n) is 17.2. The highest BCUT2D eigenvalue weighted by Gasteiger charge is 2.28. The number of carbonyl (C=O) groups excluding carboxylic acids is 2. The summed E-state index contributed by atoms with van der Waals surface area (Å²) in [5, 5.41) is 9.67. The highest BCUT2D eigenvalue weighted by Crippen LogP contribution is 2.43. The van der Waals surface area contributed by atoms with Crippen molar-refractivity contribution in [3.63, 3.8) is 0 Å². The molecule has 0 aliphatic heterocycles. The van der Waals surface area contributed by atoms with Gasteiger partial charge in [0.05, 0.1) is 19.8 Å². The van der Waals surface area contributed by atoms with Crippen molar-refractivity contribution in [2.75, 3.05) is 26.4 Å². The van der Waals surface area contributed by atoms with Crippen molar-refractivity contribution in [2.45, 2.75) is 161 Å². The van der Waals surface area contributed by atoms with Gasteiger partial charge in [0.25, 0.3) is 0 Å². The predicted octanol–water partition coefficient (Wildman–Crippen LogP) is 7.28. The van der Waals surface area contributed by atoms with E-state index >= 15 is 0 Å². The summed E-state index contributed by atoms with van der Waals surface area (Å²) in [5.74, 6) is -1.03. The van der Waals surface area contributed by atoms with Crippen LogP contribution in [0, 0.1) is 0 Å². The van der Waals surface area contributed by atoms with Crippen molar-refractivity contribution in [1.29, 1.82) is 0 Å². The minimum absolute atomic E-state index is 0.138. The Balaban J connectivity index is 4.62. The third kappa shape index (κ3) is 31.7. The largest absolute Gasteiger partial charge is 0.472 e. The first-order valence-corrected chi connectivity index (χ1v) is 20.3. The normalized spacial score (nSPS) is 14.5. The Morgan fingerprint density at radius 3 is 1.39 bits per heavy atom. The Labute approximate surface area is 276 Å². The zero-order valence-corrected chi connectivity index (χ0v) is 30.0. The summed E-state index contributed by atoms with van der Waals surface area (Å²) in [7, 11) is -9.63. The molecule has 0 aromatic heterocycles. The molecule has 4 N–H and O–H groups in total. The van der Waals surface area contributed by atoms with Crippen LogP contribution < -0.4 is 0 Å². The number of aliphatic hydroxyl groups excluding tert-OH is 1. The highest BCUT2D eigenvalue weighted by atomic mass is 31.2. The SMILES string of the molecule is CCCCCCCCCCCCCC(=O)O[C@H](COC(=O)CCCCCCCCCC)COP(=O)(O)OC[C@@H](O)COP(=O)(O)O. The van der Waals surface area contributed by atoms with Crippen molar-refractivity contribution < 1.29 is 61.6 Å². The Morgan fingerprint density at radius 1 is 0.543 bits per heavy atom. The molecular weight excluding hydrogens is 642 g/mol. The number of esters is 2. The van der Waals surface area contributed by atoms with E-state index in [1.807, 2.05) is 0 Å². The van der Waals surface area contributed by atoms with Crippen LogP contribution in [0.4, 0.5) is 0 Å². The summed E-state index contributed by atoms with van der Waals surface area (Å²) in [6.45, 7) is 1.69. The van der Waals surface area contributed by atoms with Crippen LogP contribution in [0.15, 0.2) is 0 Å². The van der Waals surface area contributed by atoms with Crippen LogP contribution in [0.5, 0.6) is 0 Å². The van der Waals surface area contributed by atoms with Crippen molar-refractivity contribution in [3.05, 3.63) is 0 Å². The summed E-state index contributed by atoms with van der Waals surface area (Å²) in [4.78, 5) is 52.1. The topological polar surface area (TPSA) is 195 Å². The van der Waals surface area contributed by atoms with E-state index < -0.39 is 59.6 Å². The Hall–Kier alpha value is -0.880. The van der Waals surface area contributed by atoms with Gasteiger partial charge < -0.3 is 29.3 Å². The van der Waals surface area contributed by atoms with Crippen molar-refractivity contribution in [1.82, 2.24) is 0 Å². The number of ether oxygens (including phenoxy) is 2. The predicted molar refractivity (Wildman–Crippen MR) is 175 cm³/mol. The second kappa shape index (κ2) is 29.1. The van der Waals surface area contributed by atoms with Crippen molar-refractivity contribution >= 4 is 27.6 Å². The van der Waals surface area contributed by atoms with Crippen LogP contribution in [-0.4, -0.2) is 70.4 Å². The number of rotatable bonds is 33. The van der Waals surface area contributed by atoms with Gasteiger partial charge in [-0.25, -0.2) is 9.13 Å². The molecule has 0 bridgehead atoms. The number of phosphoric ester groups is 2. The van der Waals surface area contributed by atoms with E-state index in [1.54, 1.807) is 0 Å². The quantitative estimate of drug-likeness (QED) is 0.0303. The first kappa shape index (κ1) is 45.1. The maximum absolute atomic E-state index is 12.5. The van der Waals surface area contributed by atoms with Crippen LogP contribution in [0.2, 0.25) is 0 Å². The van der Waals surface area contributed by atoms with Crippen LogP contribution in [-0.2, 0) is 41.8 Å². The maximum atomic E-state index is 12.5. The summed E-state index contributed by atoms with van der Waals surface area (Å²) >= 11 is 0. The van der Waals surface area contributed by atoms with Gasteiger partial charge in [-0.3, -0.25) is 23.2 Å². The second-order valence-corrected chi connectivity index (χ2v) is 14.5. The molecule has 1 unspecified atom stereocenters. The standard InChI is InChI=1S/C31H62O13P2/c1-3-5-7-9-11-13-14-15-17-19-21-23-31(34)44-29(26-40-30(33)22-20-18-16-12-10-8-6-4-2)27-43-46(38,39)42-25-28(32)24-41-45(35,36)37/h28-29,32H,3-27H2,1-2H3,(H,38,39)(H2,35,36,37)/t28-,29+/m0/s1. The molecule has 0 aliphatic rings. The van der Waals surface area contributed by atoms with Gasteiger partial charge in [-0.05, 0) is 12.8 Å². The molecule has 0 aromatic carbocycles. The van der Waals surface area contributed by atoms with E-state index in [0.717, 1.165) is 38.5 Å². The van der Waals surface area contributed by atoms with E-state index in [-0.39, 0.29) is 19.4 Å². The third-order valence-corrected chi connectivity index (χ3v) is 8.67. The van der Waals surface area contributed by atoms with Gasteiger partial charge in [-0.1, -0.05) is 123 Å². The molecule has 0 saturated carbocycles. The molecule has 13 nitrogen and oxygen atoms in total. The molecule has 0 rings (SSSR count). The lowest BCUT2D eigenvalue weighted by Crippen LogP contribution is -2.30. The lowest BCUT2D eigenvalue weighted by molar-refractivity contribution is -0.161. The van der Waals surface area contributed by atoms with E-state index in [1.165, 1.54) is 70.6 Å². The monoisotopic (exact) mass is 704 g/mol. The average Bonchev–Trinajstić information content (AvgIpc) is 3.00. The Bertz CT molecular complexity index is 852. The Morgan fingerprint density at radius 2 is 0.935 bits per heavy atom. The van der Waals surface area contributed by atoms with E-state index in [4.69, 9.17) is 23.8 Å². The van der Waals surface area contributed by atoms with Gasteiger partial charge in [0.2, 0.25) is 0 Å². The van der Waals surface area contributed by atoms with Crippen LogP contribution >= 0.6 is 15.6 Å². The fourth-order valence-electron chi connectivity index (χ4n) is 4.58. The van der Waals surface area contributed by atoms with Gasteiger partial charge in [0.15, 0.2) is 6.10 Å². The molecule has 0 spiro atoms. The zero-order chi connectivity index (χ0) is 34.5. The van der Waals surface area contributed by atoms with E-state index in [9.17, 15) is 28.7 Å². The first-order chi connectivity index (χ1) is 21.9. The zero-order valence-electron chi connectivity index (χ0n) is 28.2. The molecule has 46 heavy (non-hydrogen) atoms. The van der Waals surface area contributed by atoms with Gasteiger partial charge in [0, 0.05) is 12.8 Å². The van der Waals surface area contributed by atoms with Gasteiger partial charge in [0.1, 0.15) is 12.7 Å². The lowest BCUT2D eigenvalue weighted by Gasteiger charge is -2.20. The molecule has 0 aromatic rings. The van der Waals surface area contributed by atoms with Crippen LogP contribution in [0.1, 0.15) is 149 Å². The number of aliphatic hydroxyl groups is 1. The molecule has 0 saturated heterocycles. The molecule has 274 valence electrons. The summed E-state index contributed by atoms with van der Waals surface area (Å²) < 4.78 is 47.3. The number of carbonyl (C=O) groups is 2. The summed E-state index contributed by atoms with van der Waals surface area (Å²) in [6.07, 6.45) is 18.5. The van der Waals surface area contributed by atoms with E-state index in [0.29, 0.717) is 12.8 Å². The van der Waals surface area contributed by atoms with Gasteiger partial charge in [-0.2, -0.15) is 0 Å². The van der Waals surface area contributed by atoms with Gasteiger partial charge >= 0.3 is 27.6 Å². The molecule has 0 fully saturated rings. The minimum atomic E-state index is -4.85. The third-order valence-electron chi connectivity index (χ3n) is 7.24. The summed E-state index contributed by atoms with van der Waals surface area (Å²) in [5.41, 5.74) is 0. The van der Waals surface area contributed by atoms with Crippen molar-refractivity contribution in [2.24, 2.45) is 0 Å². The lowest BCUT2D eigenvalue weighted by atomic mass is 10.1. The minimum Gasteiger partial charge on any atom is -0.462 e. The fraction of sp³-hybridized carbons (Fsp3) is 0.935. The smallest absolute Gasteiger partial charge is 0.462 e. The molecule has 0 heterocycles. The van der Waals surface area contributed by atoms with Gasteiger partial charge in [-0.15, -0.1) is 0 Å². The number of phosphoric acid groups is 2. The van der Waals surface area contributed by atoms with Crippen LogP contribution in [0.3, 0.4) is 0 Å². The average molecular weight is 705 g/mol. The van der Waals surface area contributed by atoms with Crippen molar-refractivity contribution in [3.8, 4) is 0 Å². The van der Waals surface area contributed by atoms with Crippen LogP contribution in [0.25, 0.3) is 0 Å². The number of hydrogen-bond acceptors (Lipinski definition) is 10. The number of unbranched alkanes of at least 4 members (excludes halogenated alkanes) is 17. The molecule has 0 radical (unpaired) electrons. The highest BCUT2D eigenvalue weighted by molar-refractivity contribution is 7.47. The maximum Gasteiger partial charge on any atom is 0.472 e. The van der Waals surface area contributed by atoms with E-state index in [2.05, 4.69) is 22.9 Å². The molecule has 3 atom stereocenters. The molecule has 15 heteroatoms. The Kier molecular flexibility index (Phi) is 28.5. The summed E-state index contributed by atoms with van der Waals surface area (Å²) in [6, 6.07) is 0. The number of hydrogen-bond donors (Lipinski definition) is 4. The second-order valence-electron chi connectivity index (χ2n) is 11.8. The molecule has 0 aliphatic carbocycles. The fourth-order valence-corrected chi connectivity index (χ4v) is 5.74.